The van der Waals surface area contributed by atoms with Crippen molar-refractivity contribution in [3.05, 3.63) is 53.6 Å². The number of hydrogen-bond donors (Lipinski definition) is 0. The van der Waals surface area contributed by atoms with E-state index in [1.54, 1.807) is 28.3 Å². The fourth-order valence-corrected chi connectivity index (χ4v) is 3.55. The first-order valence-corrected chi connectivity index (χ1v) is 9.98. The van der Waals surface area contributed by atoms with E-state index in [2.05, 4.69) is 0 Å². The lowest BCUT2D eigenvalue weighted by Crippen LogP contribution is -2.42. The van der Waals surface area contributed by atoms with Crippen molar-refractivity contribution in [2.45, 2.75) is 26.4 Å². The van der Waals surface area contributed by atoms with Gasteiger partial charge in [-0.1, -0.05) is 23.8 Å². The predicted octanol–water partition coefficient (Wildman–Crippen LogP) is 4.10. The minimum Gasteiger partial charge on any atom is -0.496 e. The van der Waals surface area contributed by atoms with Crippen molar-refractivity contribution in [1.29, 1.82) is 0 Å². The van der Waals surface area contributed by atoms with Crippen LogP contribution in [0, 0.1) is 6.92 Å². The highest BCUT2D eigenvalue weighted by Crippen LogP contribution is 2.40. The Morgan fingerprint density at radius 1 is 0.967 bits per heavy atom. The number of aryl methyl sites for hydroxylation is 1. The summed E-state index contributed by atoms with van der Waals surface area (Å²) in [5.41, 5.74) is 3.14. The second kappa shape index (κ2) is 9.57. The molecule has 1 aliphatic heterocycles. The van der Waals surface area contributed by atoms with Crippen molar-refractivity contribution >= 4 is 11.5 Å². The SMILES string of the molecule is COc1cc(OC)c(C2=CCN(C(=O)[C@@H](C)Oc3ccc(C)cc3)CC2)c(OC)c1. The Balaban J connectivity index is 1.73. The molecule has 160 valence electrons. The summed E-state index contributed by atoms with van der Waals surface area (Å²) in [6.07, 6.45) is 2.20. The molecule has 0 aliphatic carbocycles. The molecule has 1 amide bonds. The van der Waals surface area contributed by atoms with Gasteiger partial charge in [0.1, 0.15) is 23.0 Å². The zero-order valence-corrected chi connectivity index (χ0v) is 18.2. The van der Waals surface area contributed by atoms with E-state index in [0.29, 0.717) is 42.5 Å². The number of amides is 1. The first kappa shape index (κ1) is 21.6. The summed E-state index contributed by atoms with van der Waals surface area (Å²) in [6, 6.07) is 11.4. The Hall–Kier alpha value is -3.15. The van der Waals surface area contributed by atoms with Gasteiger partial charge < -0.3 is 23.8 Å². The van der Waals surface area contributed by atoms with Crippen LogP contribution in [-0.2, 0) is 4.79 Å². The summed E-state index contributed by atoms with van der Waals surface area (Å²) in [4.78, 5) is 14.7. The van der Waals surface area contributed by atoms with Gasteiger partial charge >= 0.3 is 0 Å². The molecule has 6 nitrogen and oxygen atoms in total. The maximum Gasteiger partial charge on any atom is 0.263 e. The Morgan fingerprint density at radius 3 is 2.10 bits per heavy atom. The molecule has 0 radical (unpaired) electrons. The van der Waals surface area contributed by atoms with Crippen molar-refractivity contribution in [2.24, 2.45) is 0 Å². The Kier molecular flexibility index (Phi) is 6.87. The highest BCUT2D eigenvalue weighted by atomic mass is 16.5. The van der Waals surface area contributed by atoms with Crippen molar-refractivity contribution in [2.75, 3.05) is 34.4 Å². The predicted molar refractivity (Wildman–Crippen MR) is 117 cm³/mol. The molecule has 0 fully saturated rings. The van der Waals surface area contributed by atoms with Crippen molar-refractivity contribution in [1.82, 2.24) is 4.90 Å². The maximum absolute atomic E-state index is 12.8. The number of methoxy groups -OCH3 is 3. The van der Waals surface area contributed by atoms with E-state index in [4.69, 9.17) is 18.9 Å². The molecule has 1 heterocycles. The third-order valence-corrected chi connectivity index (χ3v) is 5.24. The number of hydrogen-bond acceptors (Lipinski definition) is 5. The fourth-order valence-electron chi connectivity index (χ4n) is 3.55. The zero-order valence-electron chi connectivity index (χ0n) is 18.2. The number of carbonyl (C=O) groups is 1. The molecule has 0 aromatic heterocycles. The molecule has 1 atom stereocenters. The fraction of sp³-hybridized carbons (Fsp3) is 0.375. The summed E-state index contributed by atoms with van der Waals surface area (Å²) < 4.78 is 22.3. The van der Waals surface area contributed by atoms with Crippen molar-refractivity contribution < 1.29 is 23.7 Å². The van der Waals surface area contributed by atoms with E-state index in [1.807, 2.05) is 54.3 Å². The molecule has 2 aromatic carbocycles. The van der Waals surface area contributed by atoms with E-state index in [-0.39, 0.29) is 5.91 Å². The van der Waals surface area contributed by atoms with Gasteiger partial charge in [-0.3, -0.25) is 4.79 Å². The lowest BCUT2D eigenvalue weighted by atomic mass is 9.97. The number of rotatable bonds is 7. The van der Waals surface area contributed by atoms with Crippen molar-refractivity contribution in [3.63, 3.8) is 0 Å². The van der Waals surface area contributed by atoms with Gasteiger partial charge in [0.2, 0.25) is 0 Å². The minimum absolute atomic E-state index is 0.0282. The number of benzene rings is 2. The zero-order chi connectivity index (χ0) is 21.7. The molecule has 0 unspecified atom stereocenters. The van der Waals surface area contributed by atoms with Crippen molar-refractivity contribution in [3.8, 4) is 23.0 Å². The van der Waals surface area contributed by atoms with E-state index in [1.165, 1.54) is 0 Å². The van der Waals surface area contributed by atoms with Crippen LogP contribution in [0.3, 0.4) is 0 Å². The van der Waals surface area contributed by atoms with Crippen LogP contribution in [0.4, 0.5) is 0 Å². The monoisotopic (exact) mass is 411 g/mol. The molecule has 6 heteroatoms. The molecule has 0 bridgehead atoms. The van der Waals surface area contributed by atoms with Crippen LogP contribution in [0.2, 0.25) is 0 Å². The molecule has 3 rings (SSSR count). The molecule has 0 saturated heterocycles. The van der Waals surface area contributed by atoms with Gasteiger partial charge in [0.15, 0.2) is 6.10 Å². The molecular weight excluding hydrogens is 382 g/mol. The minimum atomic E-state index is -0.548. The Bertz CT molecular complexity index is 895. The smallest absolute Gasteiger partial charge is 0.263 e. The lowest BCUT2D eigenvalue weighted by molar-refractivity contribution is -0.137. The standard InChI is InChI=1S/C24H29NO5/c1-16-6-8-19(9-7-16)30-17(2)24(26)25-12-10-18(11-13-25)23-21(28-4)14-20(27-3)15-22(23)29-5/h6-10,14-15,17H,11-13H2,1-5H3/t17-/m1/s1. The molecule has 2 aromatic rings. The van der Waals surface area contributed by atoms with Gasteiger partial charge in [-0.15, -0.1) is 0 Å². The lowest BCUT2D eigenvalue weighted by Gasteiger charge is -2.30. The average molecular weight is 411 g/mol. The summed E-state index contributed by atoms with van der Waals surface area (Å²) >= 11 is 0. The molecule has 30 heavy (non-hydrogen) atoms. The van der Waals surface area contributed by atoms with Crippen LogP contribution in [0.5, 0.6) is 23.0 Å². The first-order chi connectivity index (χ1) is 14.5. The largest absolute Gasteiger partial charge is 0.496 e. The topological polar surface area (TPSA) is 57.2 Å². The van der Waals surface area contributed by atoms with Gasteiger partial charge in [0.25, 0.3) is 5.91 Å². The highest BCUT2D eigenvalue weighted by Gasteiger charge is 2.26. The molecule has 0 saturated carbocycles. The summed E-state index contributed by atoms with van der Waals surface area (Å²) in [5, 5.41) is 0. The average Bonchev–Trinajstić information content (AvgIpc) is 2.79. The summed E-state index contributed by atoms with van der Waals surface area (Å²) in [7, 11) is 4.86. The Morgan fingerprint density at radius 2 is 1.60 bits per heavy atom. The molecule has 1 aliphatic rings. The van der Waals surface area contributed by atoms with Gasteiger partial charge in [-0.25, -0.2) is 0 Å². The quantitative estimate of drug-likeness (QED) is 0.686. The molecule has 0 spiro atoms. The summed E-state index contributed by atoms with van der Waals surface area (Å²) in [5.74, 6) is 2.71. The number of ether oxygens (including phenoxy) is 4. The third-order valence-electron chi connectivity index (χ3n) is 5.24. The van der Waals surface area contributed by atoms with E-state index in [9.17, 15) is 4.79 Å². The second-order valence-electron chi connectivity index (χ2n) is 7.24. The number of carbonyl (C=O) groups excluding carboxylic acids is 1. The summed E-state index contributed by atoms with van der Waals surface area (Å²) in [6.45, 7) is 4.92. The second-order valence-corrected chi connectivity index (χ2v) is 7.24. The maximum atomic E-state index is 12.8. The Labute approximate surface area is 178 Å². The van der Waals surface area contributed by atoms with E-state index >= 15 is 0 Å². The van der Waals surface area contributed by atoms with Gasteiger partial charge in [0, 0.05) is 25.2 Å². The van der Waals surface area contributed by atoms with Crippen LogP contribution in [-0.4, -0.2) is 51.3 Å². The van der Waals surface area contributed by atoms with Crippen LogP contribution in [0.25, 0.3) is 5.57 Å². The highest BCUT2D eigenvalue weighted by molar-refractivity contribution is 5.83. The van der Waals surface area contributed by atoms with Gasteiger partial charge in [0.05, 0.1) is 26.9 Å². The van der Waals surface area contributed by atoms with Gasteiger partial charge in [-0.2, -0.15) is 0 Å². The van der Waals surface area contributed by atoms with Crippen LogP contribution in [0.15, 0.2) is 42.5 Å². The number of nitrogens with zero attached hydrogens (tertiary/aromatic N) is 1. The van der Waals surface area contributed by atoms with Crippen LogP contribution < -0.4 is 18.9 Å². The van der Waals surface area contributed by atoms with Crippen LogP contribution in [0.1, 0.15) is 24.5 Å². The first-order valence-electron chi connectivity index (χ1n) is 9.98. The van der Waals surface area contributed by atoms with Gasteiger partial charge in [-0.05, 0) is 38.0 Å². The molecule has 0 N–H and O–H groups in total. The van der Waals surface area contributed by atoms with E-state index in [0.717, 1.165) is 16.7 Å². The normalized spacial score (nSPS) is 14.6. The van der Waals surface area contributed by atoms with Crippen LogP contribution >= 0.6 is 0 Å². The molecular formula is C24H29NO5. The van der Waals surface area contributed by atoms with E-state index < -0.39 is 6.10 Å². The third kappa shape index (κ3) is 4.70.